The van der Waals surface area contributed by atoms with Crippen LogP contribution in [-0.4, -0.2) is 49.7 Å². The smallest absolute Gasteiger partial charge is 0.250 e. The van der Waals surface area contributed by atoms with Gasteiger partial charge in [-0.3, -0.25) is 9.69 Å². The molecule has 5 nitrogen and oxygen atoms in total. The van der Waals surface area contributed by atoms with Crippen LogP contribution in [0.3, 0.4) is 0 Å². The molecule has 0 bridgehead atoms. The number of morpholine rings is 1. The summed E-state index contributed by atoms with van der Waals surface area (Å²) in [7, 11) is 2.11. The highest BCUT2D eigenvalue weighted by molar-refractivity contribution is 5.85. The van der Waals surface area contributed by atoms with Gasteiger partial charge in [-0.2, -0.15) is 0 Å². The van der Waals surface area contributed by atoms with Crippen molar-refractivity contribution < 1.29 is 9.53 Å². The Hall–Kier alpha value is -0.850. The van der Waals surface area contributed by atoms with Crippen LogP contribution in [-0.2, 0) is 22.6 Å². The predicted molar refractivity (Wildman–Crippen MR) is 102 cm³/mol. The summed E-state index contributed by atoms with van der Waals surface area (Å²) in [6.45, 7) is 7.77. The molecule has 1 heterocycles. The summed E-state index contributed by atoms with van der Waals surface area (Å²) in [6.07, 6.45) is -0.376. The van der Waals surface area contributed by atoms with Gasteiger partial charge in [-0.25, -0.2) is 0 Å². The maximum absolute atomic E-state index is 12.1. The third-order valence-electron chi connectivity index (χ3n) is 4.09. The number of carbonyl (C=O) groups excluding carboxylic acids is 1. The summed E-state index contributed by atoms with van der Waals surface area (Å²) >= 11 is 0. The van der Waals surface area contributed by atoms with Gasteiger partial charge in [0.05, 0.1) is 6.61 Å². The van der Waals surface area contributed by atoms with Crippen molar-refractivity contribution in [3.05, 3.63) is 35.4 Å². The van der Waals surface area contributed by atoms with E-state index in [9.17, 15) is 4.79 Å². The number of halogens is 2. The molecule has 1 unspecified atom stereocenters. The van der Waals surface area contributed by atoms with E-state index in [4.69, 9.17) is 4.74 Å². The van der Waals surface area contributed by atoms with Gasteiger partial charge in [-0.15, -0.1) is 24.8 Å². The molecule has 0 aliphatic carbocycles. The normalized spacial score (nSPS) is 17.1. The molecular weight excluding hydrogens is 349 g/mol. The molecule has 0 spiro atoms. The Kier molecular flexibility index (Phi) is 11.2. The Labute approximate surface area is 157 Å². The molecule has 2 N–H and O–H groups in total. The van der Waals surface area contributed by atoms with Gasteiger partial charge in [0.15, 0.2) is 0 Å². The highest BCUT2D eigenvalue weighted by Gasteiger charge is 2.21. The van der Waals surface area contributed by atoms with Gasteiger partial charge in [0.1, 0.15) is 6.10 Å². The number of hydrogen-bond acceptors (Lipinski definition) is 4. The Morgan fingerprint density at radius 3 is 2.58 bits per heavy atom. The van der Waals surface area contributed by atoms with Crippen molar-refractivity contribution in [2.75, 3.05) is 26.7 Å². The van der Waals surface area contributed by atoms with E-state index in [0.29, 0.717) is 25.7 Å². The summed E-state index contributed by atoms with van der Waals surface area (Å²) < 4.78 is 5.47. The SMILES string of the molecule is CC(C)N(C)Cc1ccccc1CNC(=O)C1CNCCO1.Cl.Cl. The topological polar surface area (TPSA) is 53.6 Å². The second kappa shape index (κ2) is 11.7. The average molecular weight is 378 g/mol. The average Bonchev–Trinajstić information content (AvgIpc) is 2.54. The van der Waals surface area contributed by atoms with Crippen LogP contribution in [0.4, 0.5) is 0 Å². The minimum Gasteiger partial charge on any atom is -0.366 e. The fourth-order valence-corrected chi connectivity index (χ4v) is 2.37. The molecule has 1 atom stereocenters. The Bertz CT molecular complexity index is 494. The largest absolute Gasteiger partial charge is 0.366 e. The lowest BCUT2D eigenvalue weighted by molar-refractivity contribution is -0.134. The molecule has 0 radical (unpaired) electrons. The quantitative estimate of drug-likeness (QED) is 0.795. The van der Waals surface area contributed by atoms with Crippen molar-refractivity contribution in [1.82, 2.24) is 15.5 Å². The summed E-state index contributed by atoms with van der Waals surface area (Å²) in [5, 5.41) is 6.16. The minimum atomic E-state index is -0.376. The first-order chi connectivity index (χ1) is 10.6. The molecule has 0 saturated carbocycles. The zero-order valence-corrected chi connectivity index (χ0v) is 16.2. The fraction of sp³-hybridized carbons (Fsp3) is 0.588. The minimum absolute atomic E-state index is 0. The third kappa shape index (κ3) is 6.95. The number of benzene rings is 1. The van der Waals surface area contributed by atoms with Crippen LogP contribution in [0, 0.1) is 0 Å². The zero-order valence-electron chi connectivity index (χ0n) is 14.6. The number of ether oxygens (including phenoxy) is 1. The van der Waals surface area contributed by atoms with Crippen LogP contribution in [0.25, 0.3) is 0 Å². The first-order valence-electron chi connectivity index (χ1n) is 7.95. The molecule has 24 heavy (non-hydrogen) atoms. The monoisotopic (exact) mass is 377 g/mol. The Morgan fingerprint density at radius 2 is 2.00 bits per heavy atom. The van der Waals surface area contributed by atoms with Crippen LogP contribution in [0.1, 0.15) is 25.0 Å². The highest BCUT2D eigenvalue weighted by Crippen LogP contribution is 2.12. The van der Waals surface area contributed by atoms with Crippen molar-refractivity contribution in [2.45, 2.75) is 39.1 Å². The van der Waals surface area contributed by atoms with E-state index < -0.39 is 0 Å². The van der Waals surface area contributed by atoms with E-state index in [1.807, 2.05) is 12.1 Å². The lowest BCUT2D eigenvalue weighted by Gasteiger charge is -2.24. The predicted octanol–water partition coefficient (Wildman–Crippen LogP) is 1.98. The molecule has 0 aromatic heterocycles. The van der Waals surface area contributed by atoms with Crippen molar-refractivity contribution in [3.8, 4) is 0 Å². The third-order valence-corrected chi connectivity index (χ3v) is 4.09. The van der Waals surface area contributed by atoms with Gasteiger partial charge >= 0.3 is 0 Å². The number of nitrogens with one attached hydrogen (secondary N) is 2. The standard InChI is InChI=1S/C17H27N3O2.2ClH/c1-13(2)20(3)12-15-7-5-4-6-14(15)10-19-17(21)16-11-18-8-9-22-16;;/h4-7,13,16,18H,8-12H2,1-3H3,(H,19,21);2*1H. The molecule has 7 heteroatoms. The van der Waals surface area contributed by atoms with Crippen molar-refractivity contribution in [1.29, 1.82) is 0 Å². The molecule has 2 rings (SSSR count). The van der Waals surface area contributed by atoms with Crippen LogP contribution in [0.2, 0.25) is 0 Å². The van der Waals surface area contributed by atoms with E-state index in [1.54, 1.807) is 0 Å². The van der Waals surface area contributed by atoms with Crippen LogP contribution < -0.4 is 10.6 Å². The molecule has 1 aromatic rings. The van der Waals surface area contributed by atoms with Gasteiger partial charge in [0.2, 0.25) is 0 Å². The molecular formula is C17H29Cl2N3O2. The fourth-order valence-electron chi connectivity index (χ4n) is 2.37. The molecule has 1 aliphatic heterocycles. The van der Waals surface area contributed by atoms with Gasteiger partial charge in [-0.05, 0) is 32.0 Å². The second-order valence-corrected chi connectivity index (χ2v) is 6.06. The van der Waals surface area contributed by atoms with Crippen LogP contribution in [0.15, 0.2) is 24.3 Å². The summed E-state index contributed by atoms with van der Waals surface area (Å²) in [5.74, 6) is -0.0424. The van der Waals surface area contributed by atoms with Gasteiger partial charge in [0, 0.05) is 32.2 Å². The van der Waals surface area contributed by atoms with E-state index in [0.717, 1.165) is 18.7 Å². The van der Waals surface area contributed by atoms with Crippen molar-refractivity contribution in [2.24, 2.45) is 0 Å². The molecule has 1 fully saturated rings. The van der Waals surface area contributed by atoms with E-state index in [2.05, 4.69) is 48.6 Å². The Balaban J connectivity index is 0.00000264. The number of rotatable bonds is 6. The summed E-state index contributed by atoms with van der Waals surface area (Å²) in [5.41, 5.74) is 2.41. The van der Waals surface area contributed by atoms with Crippen LogP contribution in [0.5, 0.6) is 0 Å². The number of carbonyl (C=O) groups is 1. The number of nitrogens with zero attached hydrogens (tertiary/aromatic N) is 1. The number of hydrogen-bond donors (Lipinski definition) is 2. The van der Waals surface area contributed by atoms with E-state index >= 15 is 0 Å². The van der Waals surface area contributed by atoms with E-state index in [1.165, 1.54) is 5.56 Å². The van der Waals surface area contributed by atoms with Gasteiger partial charge < -0.3 is 15.4 Å². The summed E-state index contributed by atoms with van der Waals surface area (Å²) in [6, 6.07) is 8.74. The highest BCUT2D eigenvalue weighted by atomic mass is 35.5. The van der Waals surface area contributed by atoms with Crippen molar-refractivity contribution >= 4 is 30.7 Å². The van der Waals surface area contributed by atoms with Crippen LogP contribution >= 0.6 is 24.8 Å². The molecule has 1 aliphatic rings. The first-order valence-corrected chi connectivity index (χ1v) is 7.95. The lowest BCUT2D eigenvalue weighted by Crippen LogP contribution is -2.47. The van der Waals surface area contributed by atoms with Crippen molar-refractivity contribution in [3.63, 3.8) is 0 Å². The Morgan fingerprint density at radius 1 is 1.33 bits per heavy atom. The second-order valence-electron chi connectivity index (χ2n) is 6.06. The maximum Gasteiger partial charge on any atom is 0.250 e. The molecule has 1 amide bonds. The van der Waals surface area contributed by atoms with E-state index in [-0.39, 0.29) is 36.8 Å². The molecule has 1 aromatic carbocycles. The van der Waals surface area contributed by atoms with Gasteiger partial charge in [-0.1, -0.05) is 24.3 Å². The lowest BCUT2D eigenvalue weighted by atomic mass is 10.1. The number of amides is 1. The zero-order chi connectivity index (χ0) is 15.9. The maximum atomic E-state index is 12.1. The molecule has 138 valence electrons. The first kappa shape index (κ1) is 23.1. The van der Waals surface area contributed by atoms with Gasteiger partial charge in [0.25, 0.3) is 5.91 Å². The molecule has 1 saturated heterocycles. The summed E-state index contributed by atoms with van der Waals surface area (Å²) in [4.78, 5) is 14.4.